The van der Waals surface area contributed by atoms with Gasteiger partial charge in [-0.05, 0) is 57.6 Å². The Balaban J connectivity index is 0.997. The van der Waals surface area contributed by atoms with Crippen LogP contribution in [-0.4, -0.2) is 9.97 Å². The van der Waals surface area contributed by atoms with Crippen molar-refractivity contribution in [2.24, 2.45) is 0 Å². The minimum Gasteiger partial charge on any atom is -0.457 e. The van der Waals surface area contributed by atoms with Crippen LogP contribution in [-0.2, 0) is 5.41 Å². The Bertz CT molecular complexity index is 2830. The largest absolute Gasteiger partial charge is 0.457 e. The maximum atomic E-state index is 6.75. The molecule has 1 aliphatic carbocycles. The first-order valence-corrected chi connectivity index (χ1v) is 17.7. The number of hydrogen-bond donors (Lipinski definition) is 0. The van der Waals surface area contributed by atoms with Gasteiger partial charge in [0.2, 0.25) is 0 Å². The van der Waals surface area contributed by atoms with Gasteiger partial charge in [-0.15, -0.1) is 0 Å². The molecule has 242 valence electrons. The van der Waals surface area contributed by atoms with E-state index in [1.807, 2.05) is 18.2 Å². The molecule has 2 aliphatic rings. The van der Waals surface area contributed by atoms with Gasteiger partial charge in [0.05, 0.1) is 27.8 Å². The van der Waals surface area contributed by atoms with E-state index >= 15 is 0 Å². The SMILES string of the molecule is c1ccc(-c2ccc3ccc4ccc(-c5ccc(-c6ccc7c(c6)Oc6ccccc6C76c7ccccc7-c7ccccc76)cc5)nc4c3n2)cc1. The van der Waals surface area contributed by atoms with Gasteiger partial charge in [-0.2, -0.15) is 0 Å². The maximum Gasteiger partial charge on any atom is 0.132 e. The molecule has 0 bridgehead atoms. The first kappa shape index (κ1) is 28.9. The van der Waals surface area contributed by atoms with Crippen molar-refractivity contribution in [2.75, 3.05) is 0 Å². The van der Waals surface area contributed by atoms with Gasteiger partial charge in [-0.3, -0.25) is 0 Å². The number of nitrogens with zero attached hydrogens (tertiary/aromatic N) is 2. The number of benzene rings is 7. The van der Waals surface area contributed by atoms with E-state index < -0.39 is 5.41 Å². The predicted octanol–water partition coefficient (Wildman–Crippen LogP) is 12.3. The molecule has 0 unspecified atom stereocenters. The molecule has 0 N–H and O–H groups in total. The number of ether oxygens (including phenoxy) is 1. The molecule has 3 heteroatoms. The molecule has 0 amide bonds. The van der Waals surface area contributed by atoms with Gasteiger partial charge in [0.1, 0.15) is 11.5 Å². The summed E-state index contributed by atoms with van der Waals surface area (Å²) < 4.78 is 6.75. The first-order valence-electron chi connectivity index (χ1n) is 17.7. The highest BCUT2D eigenvalue weighted by Crippen LogP contribution is 2.62. The van der Waals surface area contributed by atoms with Crippen molar-refractivity contribution in [2.45, 2.75) is 5.41 Å². The molecule has 3 nitrogen and oxygen atoms in total. The molecule has 11 rings (SSSR count). The summed E-state index contributed by atoms with van der Waals surface area (Å²) in [7, 11) is 0. The third kappa shape index (κ3) is 4.14. The van der Waals surface area contributed by atoms with Gasteiger partial charge in [-0.1, -0.05) is 158 Å². The molecule has 3 heterocycles. The second-order valence-corrected chi connectivity index (χ2v) is 13.7. The number of pyridine rings is 2. The lowest BCUT2D eigenvalue weighted by atomic mass is 9.66. The summed E-state index contributed by atoms with van der Waals surface area (Å²) in [6, 6.07) is 64.7. The average molecular weight is 663 g/mol. The van der Waals surface area contributed by atoms with E-state index in [4.69, 9.17) is 14.7 Å². The van der Waals surface area contributed by atoms with Crippen molar-refractivity contribution in [3.8, 4) is 56.3 Å². The lowest BCUT2D eigenvalue weighted by Gasteiger charge is -2.39. The number of para-hydroxylation sites is 1. The van der Waals surface area contributed by atoms with Crippen molar-refractivity contribution in [3.05, 3.63) is 204 Å². The van der Waals surface area contributed by atoms with Crippen molar-refractivity contribution in [3.63, 3.8) is 0 Å². The predicted molar refractivity (Wildman–Crippen MR) is 211 cm³/mol. The molecule has 0 atom stereocenters. The minimum absolute atomic E-state index is 0.456. The molecule has 1 aliphatic heterocycles. The molecular formula is C49H30N2O. The van der Waals surface area contributed by atoms with E-state index in [9.17, 15) is 0 Å². The number of aromatic nitrogens is 2. The molecule has 2 aromatic heterocycles. The molecule has 0 radical (unpaired) electrons. The van der Waals surface area contributed by atoms with Crippen molar-refractivity contribution < 1.29 is 4.74 Å². The van der Waals surface area contributed by atoms with E-state index in [0.29, 0.717) is 0 Å². The van der Waals surface area contributed by atoms with Gasteiger partial charge < -0.3 is 4.74 Å². The second kappa shape index (κ2) is 11.1. The summed E-state index contributed by atoms with van der Waals surface area (Å²) in [5.74, 6) is 1.78. The fourth-order valence-corrected chi connectivity index (χ4v) is 8.57. The summed E-state index contributed by atoms with van der Waals surface area (Å²) in [4.78, 5) is 10.3. The van der Waals surface area contributed by atoms with Crippen LogP contribution in [0.4, 0.5) is 0 Å². The Labute approximate surface area is 301 Å². The quantitative estimate of drug-likeness (QED) is 0.177. The summed E-state index contributed by atoms with van der Waals surface area (Å²) in [5, 5.41) is 2.15. The van der Waals surface area contributed by atoms with Crippen LogP contribution in [0.1, 0.15) is 22.3 Å². The van der Waals surface area contributed by atoms with Crippen molar-refractivity contribution in [1.29, 1.82) is 0 Å². The molecular weight excluding hydrogens is 633 g/mol. The van der Waals surface area contributed by atoms with Crippen LogP contribution in [0, 0.1) is 0 Å². The average Bonchev–Trinajstić information content (AvgIpc) is 3.51. The van der Waals surface area contributed by atoms with E-state index in [0.717, 1.165) is 66.9 Å². The Hall–Kier alpha value is -6.84. The third-order valence-corrected chi connectivity index (χ3v) is 11.0. The smallest absolute Gasteiger partial charge is 0.132 e. The standard InChI is InChI=1S/C49H30N2O/c1-2-10-32(11-3-1)43-28-25-34-22-23-35-26-29-44(51-48(35)47(34)50-43)33-20-18-31(19-21-33)36-24-27-42-46(30-36)52-45-17-9-8-16-41(45)49(42)39-14-6-4-12-37(39)38-13-5-7-15-40(38)49/h1-30H. The zero-order chi connectivity index (χ0) is 34.2. The molecule has 0 saturated heterocycles. The lowest BCUT2D eigenvalue weighted by molar-refractivity contribution is 0.436. The van der Waals surface area contributed by atoms with Crippen molar-refractivity contribution >= 4 is 21.8 Å². The third-order valence-electron chi connectivity index (χ3n) is 11.0. The van der Waals surface area contributed by atoms with Crippen LogP contribution in [0.25, 0.3) is 66.6 Å². The van der Waals surface area contributed by atoms with Crippen molar-refractivity contribution in [1.82, 2.24) is 9.97 Å². The number of rotatable bonds is 3. The highest BCUT2D eigenvalue weighted by molar-refractivity contribution is 6.04. The molecule has 0 fully saturated rings. The Morgan fingerprint density at radius 3 is 1.48 bits per heavy atom. The fraction of sp³-hybridized carbons (Fsp3) is 0.0204. The monoisotopic (exact) mass is 662 g/mol. The van der Waals surface area contributed by atoms with E-state index in [2.05, 4.69) is 164 Å². The number of hydrogen-bond acceptors (Lipinski definition) is 3. The maximum absolute atomic E-state index is 6.75. The van der Waals surface area contributed by atoms with Crippen LogP contribution in [0.15, 0.2) is 182 Å². The van der Waals surface area contributed by atoms with E-state index in [1.54, 1.807) is 0 Å². The molecule has 52 heavy (non-hydrogen) atoms. The minimum atomic E-state index is -0.456. The normalized spacial score (nSPS) is 13.3. The Kier molecular flexibility index (Phi) is 6.17. The van der Waals surface area contributed by atoms with Crippen LogP contribution < -0.4 is 4.74 Å². The summed E-state index contributed by atoms with van der Waals surface area (Å²) in [6.45, 7) is 0. The van der Waals surface area contributed by atoms with Gasteiger partial charge in [-0.25, -0.2) is 9.97 Å². The van der Waals surface area contributed by atoms with Crippen LogP contribution in [0.2, 0.25) is 0 Å². The van der Waals surface area contributed by atoms with Gasteiger partial charge in [0.25, 0.3) is 0 Å². The van der Waals surface area contributed by atoms with Crippen LogP contribution >= 0.6 is 0 Å². The molecule has 1 spiro atoms. The zero-order valence-electron chi connectivity index (χ0n) is 28.1. The molecule has 9 aromatic rings. The van der Waals surface area contributed by atoms with Gasteiger partial charge in [0, 0.05) is 33.0 Å². The summed E-state index contributed by atoms with van der Waals surface area (Å²) in [5.41, 5.74) is 15.1. The molecule has 0 saturated carbocycles. The second-order valence-electron chi connectivity index (χ2n) is 13.7. The highest BCUT2D eigenvalue weighted by atomic mass is 16.5. The van der Waals surface area contributed by atoms with Crippen LogP contribution in [0.3, 0.4) is 0 Å². The summed E-state index contributed by atoms with van der Waals surface area (Å²) in [6.07, 6.45) is 0. The van der Waals surface area contributed by atoms with E-state index in [1.165, 1.54) is 33.4 Å². The first-order chi connectivity index (χ1) is 25.8. The Morgan fingerprint density at radius 1 is 0.346 bits per heavy atom. The summed E-state index contributed by atoms with van der Waals surface area (Å²) >= 11 is 0. The fourth-order valence-electron chi connectivity index (χ4n) is 8.57. The van der Waals surface area contributed by atoms with Gasteiger partial charge in [0.15, 0.2) is 0 Å². The Morgan fingerprint density at radius 2 is 0.827 bits per heavy atom. The molecule has 7 aromatic carbocycles. The topological polar surface area (TPSA) is 35.0 Å². The highest BCUT2D eigenvalue weighted by Gasteiger charge is 2.50. The lowest BCUT2D eigenvalue weighted by Crippen LogP contribution is -2.32. The van der Waals surface area contributed by atoms with Gasteiger partial charge >= 0.3 is 0 Å². The zero-order valence-corrected chi connectivity index (χ0v) is 28.1. The number of fused-ring (bicyclic) bond motifs is 12. The van der Waals surface area contributed by atoms with E-state index in [-0.39, 0.29) is 0 Å². The van der Waals surface area contributed by atoms with Crippen LogP contribution in [0.5, 0.6) is 11.5 Å².